The Labute approximate surface area is 93.4 Å². The van der Waals surface area contributed by atoms with Crippen molar-refractivity contribution in [3.05, 3.63) is 0 Å². The van der Waals surface area contributed by atoms with Crippen LogP contribution in [0.1, 0.15) is 47.5 Å². The molecule has 0 heterocycles. The normalized spacial score (nSPS) is 36.7. The third-order valence-electron chi connectivity index (χ3n) is 3.72. The van der Waals surface area contributed by atoms with Gasteiger partial charge in [0.25, 0.3) is 0 Å². The summed E-state index contributed by atoms with van der Waals surface area (Å²) in [6.45, 7) is 10.5. The van der Waals surface area contributed by atoms with Crippen LogP contribution >= 0.6 is 0 Å². The Bertz CT molecular complexity index is 211. The second kappa shape index (κ2) is 5.00. The Kier molecular flexibility index (Phi) is 4.18. The highest BCUT2D eigenvalue weighted by Gasteiger charge is 2.35. The minimum atomic E-state index is -0.137. The van der Waals surface area contributed by atoms with Gasteiger partial charge in [-0.3, -0.25) is 4.79 Å². The largest absolute Gasteiger partial charge is 0.462 e. The smallest absolute Gasteiger partial charge is 0.302 e. The van der Waals surface area contributed by atoms with Gasteiger partial charge in [0.15, 0.2) is 0 Å². The molecule has 1 aliphatic carbocycles. The van der Waals surface area contributed by atoms with E-state index in [0.29, 0.717) is 11.8 Å². The van der Waals surface area contributed by atoms with Gasteiger partial charge in [0.1, 0.15) is 6.10 Å². The van der Waals surface area contributed by atoms with Gasteiger partial charge in [-0.15, -0.1) is 0 Å². The summed E-state index contributed by atoms with van der Waals surface area (Å²) in [5.74, 6) is 2.41. The Morgan fingerprint density at radius 1 is 1.20 bits per heavy atom. The van der Waals surface area contributed by atoms with E-state index in [2.05, 4.69) is 27.7 Å². The van der Waals surface area contributed by atoms with Crippen LogP contribution in [-0.4, -0.2) is 12.1 Å². The minimum Gasteiger partial charge on any atom is -0.462 e. The second-order valence-corrected chi connectivity index (χ2v) is 5.50. The molecule has 1 fully saturated rings. The molecule has 0 aromatic carbocycles. The van der Waals surface area contributed by atoms with Crippen molar-refractivity contribution in [3.8, 4) is 0 Å². The van der Waals surface area contributed by atoms with Crippen LogP contribution in [0.15, 0.2) is 0 Å². The molecule has 0 aromatic heterocycles. The van der Waals surface area contributed by atoms with Crippen LogP contribution in [-0.2, 0) is 9.53 Å². The maximum absolute atomic E-state index is 11.0. The fourth-order valence-corrected chi connectivity index (χ4v) is 2.85. The molecule has 0 bridgehead atoms. The average Bonchev–Trinajstić information content (AvgIpc) is 2.10. The molecule has 0 aromatic rings. The molecule has 0 amide bonds. The monoisotopic (exact) mass is 212 g/mol. The summed E-state index contributed by atoms with van der Waals surface area (Å²) in [7, 11) is 0. The first-order valence-electron chi connectivity index (χ1n) is 6.09. The molecule has 2 unspecified atom stereocenters. The van der Waals surface area contributed by atoms with Gasteiger partial charge in [-0.05, 0) is 36.5 Å². The minimum absolute atomic E-state index is 0.137. The first kappa shape index (κ1) is 12.5. The number of esters is 1. The molecule has 2 heteroatoms. The third kappa shape index (κ3) is 3.22. The fraction of sp³-hybridized carbons (Fsp3) is 0.923. The zero-order chi connectivity index (χ0) is 11.6. The molecule has 0 radical (unpaired) electrons. The number of carbonyl (C=O) groups excluding carboxylic acids is 1. The summed E-state index contributed by atoms with van der Waals surface area (Å²) in [5.41, 5.74) is 0. The molecule has 1 aliphatic rings. The Morgan fingerprint density at radius 2 is 1.67 bits per heavy atom. The average molecular weight is 212 g/mol. The maximum Gasteiger partial charge on any atom is 0.302 e. The number of hydrogen-bond acceptors (Lipinski definition) is 2. The van der Waals surface area contributed by atoms with E-state index in [1.54, 1.807) is 0 Å². The summed E-state index contributed by atoms with van der Waals surface area (Å²) in [6, 6.07) is 0. The zero-order valence-electron chi connectivity index (χ0n) is 10.6. The Hall–Kier alpha value is -0.530. The molecule has 2 nitrogen and oxygen atoms in total. The van der Waals surface area contributed by atoms with Crippen LogP contribution in [0.4, 0.5) is 0 Å². The number of carbonyl (C=O) groups is 1. The highest BCUT2D eigenvalue weighted by atomic mass is 16.5. The summed E-state index contributed by atoms with van der Waals surface area (Å²) >= 11 is 0. The first-order chi connectivity index (χ1) is 6.91. The van der Waals surface area contributed by atoms with Crippen molar-refractivity contribution in [2.24, 2.45) is 23.7 Å². The Morgan fingerprint density at radius 3 is 2.00 bits per heavy atom. The SMILES string of the molecule is CC(=O)OC1C(C)CC(C(C)C)CC1C. The van der Waals surface area contributed by atoms with Crippen LogP contribution in [0.25, 0.3) is 0 Å². The lowest BCUT2D eigenvalue weighted by Crippen LogP contribution is -2.38. The maximum atomic E-state index is 11.0. The molecular formula is C13H24O2. The van der Waals surface area contributed by atoms with Crippen LogP contribution in [0.3, 0.4) is 0 Å². The van der Waals surface area contributed by atoms with Gasteiger partial charge in [0, 0.05) is 6.92 Å². The van der Waals surface area contributed by atoms with Gasteiger partial charge >= 0.3 is 5.97 Å². The second-order valence-electron chi connectivity index (χ2n) is 5.50. The first-order valence-corrected chi connectivity index (χ1v) is 6.09. The van der Waals surface area contributed by atoms with Crippen molar-refractivity contribution in [2.75, 3.05) is 0 Å². The van der Waals surface area contributed by atoms with Gasteiger partial charge in [-0.25, -0.2) is 0 Å². The molecule has 0 N–H and O–H groups in total. The van der Waals surface area contributed by atoms with Crippen molar-refractivity contribution < 1.29 is 9.53 Å². The number of hydrogen-bond donors (Lipinski definition) is 0. The summed E-state index contributed by atoms with van der Waals surface area (Å²) in [6.07, 6.45) is 2.53. The van der Waals surface area contributed by atoms with E-state index in [9.17, 15) is 4.79 Å². The molecule has 2 atom stereocenters. The van der Waals surface area contributed by atoms with E-state index in [1.807, 2.05) is 0 Å². The molecule has 88 valence electrons. The number of rotatable bonds is 2. The standard InChI is InChI=1S/C13H24O2/c1-8(2)12-6-9(3)13(10(4)7-12)15-11(5)14/h8-10,12-13H,6-7H2,1-5H3. The lowest BCUT2D eigenvalue weighted by Gasteiger charge is -2.39. The predicted octanol–water partition coefficient (Wildman–Crippen LogP) is 3.26. The molecule has 15 heavy (non-hydrogen) atoms. The van der Waals surface area contributed by atoms with E-state index in [-0.39, 0.29) is 12.1 Å². The molecule has 0 saturated heterocycles. The molecule has 0 aliphatic heterocycles. The van der Waals surface area contributed by atoms with Crippen LogP contribution in [0.2, 0.25) is 0 Å². The lowest BCUT2D eigenvalue weighted by atomic mass is 9.70. The number of ether oxygens (including phenoxy) is 1. The molecular weight excluding hydrogens is 188 g/mol. The van der Waals surface area contributed by atoms with Crippen LogP contribution in [0.5, 0.6) is 0 Å². The highest BCUT2D eigenvalue weighted by molar-refractivity contribution is 5.66. The highest BCUT2D eigenvalue weighted by Crippen LogP contribution is 2.38. The summed E-state index contributed by atoms with van der Waals surface area (Å²) < 4.78 is 5.40. The zero-order valence-corrected chi connectivity index (χ0v) is 10.6. The predicted molar refractivity (Wildman–Crippen MR) is 61.4 cm³/mol. The quantitative estimate of drug-likeness (QED) is 0.657. The van der Waals surface area contributed by atoms with E-state index in [1.165, 1.54) is 19.8 Å². The van der Waals surface area contributed by atoms with E-state index in [0.717, 1.165) is 11.8 Å². The van der Waals surface area contributed by atoms with E-state index >= 15 is 0 Å². The van der Waals surface area contributed by atoms with Gasteiger partial charge < -0.3 is 4.74 Å². The lowest BCUT2D eigenvalue weighted by molar-refractivity contribution is -0.155. The van der Waals surface area contributed by atoms with E-state index < -0.39 is 0 Å². The Balaban J connectivity index is 2.60. The van der Waals surface area contributed by atoms with Crippen molar-refractivity contribution in [3.63, 3.8) is 0 Å². The van der Waals surface area contributed by atoms with Crippen molar-refractivity contribution in [1.82, 2.24) is 0 Å². The van der Waals surface area contributed by atoms with Crippen molar-refractivity contribution in [1.29, 1.82) is 0 Å². The van der Waals surface area contributed by atoms with Crippen molar-refractivity contribution >= 4 is 5.97 Å². The van der Waals surface area contributed by atoms with Crippen LogP contribution in [0, 0.1) is 23.7 Å². The fourth-order valence-electron chi connectivity index (χ4n) is 2.85. The van der Waals surface area contributed by atoms with Crippen molar-refractivity contribution in [2.45, 2.75) is 53.6 Å². The van der Waals surface area contributed by atoms with Gasteiger partial charge in [0.05, 0.1) is 0 Å². The summed E-state index contributed by atoms with van der Waals surface area (Å²) in [4.78, 5) is 11.0. The summed E-state index contributed by atoms with van der Waals surface area (Å²) in [5, 5.41) is 0. The van der Waals surface area contributed by atoms with Gasteiger partial charge in [-0.1, -0.05) is 27.7 Å². The van der Waals surface area contributed by atoms with Gasteiger partial charge in [-0.2, -0.15) is 0 Å². The molecule has 0 spiro atoms. The van der Waals surface area contributed by atoms with Crippen LogP contribution < -0.4 is 0 Å². The third-order valence-corrected chi connectivity index (χ3v) is 3.72. The topological polar surface area (TPSA) is 26.3 Å². The van der Waals surface area contributed by atoms with E-state index in [4.69, 9.17) is 4.74 Å². The van der Waals surface area contributed by atoms with Gasteiger partial charge in [0.2, 0.25) is 0 Å². The molecule has 1 rings (SSSR count). The molecule has 1 saturated carbocycles.